The predicted molar refractivity (Wildman–Crippen MR) is 91.4 cm³/mol. The zero-order valence-electron chi connectivity index (χ0n) is 12.8. The second-order valence-electron chi connectivity index (χ2n) is 5.26. The van der Waals surface area contributed by atoms with Gasteiger partial charge in [0.25, 0.3) is 5.91 Å². The number of pyridine rings is 1. The van der Waals surface area contributed by atoms with Crippen molar-refractivity contribution in [2.45, 2.75) is 13.0 Å². The van der Waals surface area contributed by atoms with E-state index < -0.39 is 6.04 Å². The quantitative estimate of drug-likeness (QED) is 0.801. The van der Waals surface area contributed by atoms with Gasteiger partial charge in [0.15, 0.2) is 0 Å². The standard InChI is InChI=1S/C17H15ClN4O2/c1-10-14(16(23)21-13-8-4-5-9-19-13)15(22-17(24)20-10)11-6-2-3-7-12(11)18/h2-9,15H,1H3,(H,19,21,23)(H2,20,22,24)/t15-/m1/s1. The number of rotatable bonds is 3. The second kappa shape index (κ2) is 6.72. The van der Waals surface area contributed by atoms with Gasteiger partial charge in [-0.25, -0.2) is 9.78 Å². The number of halogens is 1. The Morgan fingerprint density at radius 3 is 2.67 bits per heavy atom. The highest BCUT2D eigenvalue weighted by atomic mass is 35.5. The Morgan fingerprint density at radius 1 is 1.21 bits per heavy atom. The lowest BCUT2D eigenvalue weighted by molar-refractivity contribution is -0.113. The van der Waals surface area contributed by atoms with Gasteiger partial charge >= 0.3 is 6.03 Å². The fourth-order valence-electron chi connectivity index (χ4n) is 2.56. The largest absolute Gasteiger partial charge is 0.327 e. The van der Waals surface area contributed by atoms with Gasteiger partial charge < -0.3 is 16.0 Å². The summed E-state index contributed by atoms with van der Waals surface area (Å²) >= 11 is 6.24. The van der Waals surface area contributed by atoms with E-state index in [1.165, 1.54) is 0 Å². The first-order valence-electron chi connectivity index (χ1n) is 7.31. The fraction of sp³-hybridized carbons (Fsp3) is 0.118. The fourth-order valence-corrected chi connectivity index (χ4v) is 2.80. The van der Waals surface area contributed by atoms with E-state index in [0.29, 0.717) is 27.7 Å². The van der Waals surface area contributed by atoms with Crippen LogP contribution in [0.25, 0.3) is 0 Å². The lowest BCUT2D eigenvalue weighted by Gasteiger charge is -2.29. The molecule has 0 fully saturated rings. The number of nitrogens with one attached hydrogen (secondary N) is 3. The smallest absolute Gasteiger partial charge is 0.319 e. The molecule has 0 saturated carbocycles. The molecule has 7 heteroatoms. The first-order valence-corrected chi connectivity index (χ1v) is 7.69. The summed E-state index contributed by atoms with van der Waals surface area (Å²) in [7, 11) is 0. The summed E-state index contributed by atoms with van der Waals surface area (Å²) in [5.41, 5.74) is 1.50. The Labute approximate surface area is 143 Å². The number of anilines is 1. The van der Waals surface area contributed by atoms with Gasteiger partial charge in [-0.2, -0.15) is 0 Å². The number of benzene rings is 1. The molecular formula is C17H15ClN4O2. The normalized spacial score (nSPS) is 17.1. The molecular weight excluding hydrogens is 328 g/mol. The van der Waals surface area contributed by atoms with Crippen molar-refractivity contribution in [1.82, 2.24) is 15.6 Å². The van der Waals surface area contributed by atoms with Crippen LogP contribution in [0.2, 0.25) is 5.02 Å². The number of carbonyl (C=O) groups excluding carboxylic acids is 2. The molecule has 0 aliphatic carbocycles. The van der Waals surface area contributed by atoms with Crippen molar-refractivity contribution in [2.24, 2.45) is 0 Å². The number of allylic oxidation sites excluding steroid dienone is 1. The highest BCUT2D eigenvalue weighted by Gasteiger charge is 2.32. The molecule has 0 unspecified atom stereocenters. The Morgan fingerprint density at radius 2 is 1.96 bits per heavy atom. The van der Waals surface area contributed by atoms with E-state index in [1.54, 1.807) is 55.6 Å². The van der Waals surface area contributed by atoms with Crippen molar-refractivity contribution >= 4 is 29.4 Å². The molecule has 3 rings (SSSR count). The monoisotopic (exact) mass is 342 g/mol. The number of hydrogen-bond acceptors (Lipinski definition) is 3. The number of amides is 3. The van der Waals surface area contributed by atoms with Gasteiger partial charge in [-0.3, -0.25) is 4.79 Å². The number of carbonyl (C=O) groups is 2. The van der Waals surface area contributed by atoms with Crippen LogP contribution in [0.15, 0.2) is 59.9 Å². The third-order valence-corrected chi connectivity index (χ3v) is 3.98. The second-order valence-corrected chi connectivity index (χ2v) is 5.67. The molecule has 1 aromatic heterocycles. The summed E-state index contributed by atoms with van der Waals surface area (Å²) in [5.74, 6) is 0.0706. The predicted octanol–water partition coefficient (Wildman–Crippen LogP) is 3.00. The van der Waals surface area contributed by atoms with Crippen molar-refractivity contribution in [2.75, 3.05) is 5.32 Å². The van der Waals surface area contributed by atoms with E-state index in [4.69, 9.17) is 11.6 Å². The minimum absolute atomic E-state index is 0.358. The van der Waals surface area contributed by atoms with Crippen LogP contribution < -0.4 is 16.0 Å². The molecule has 122 valence electrons. The molecule has 0 spiro atoms. The van der Waals surface area contributed by atoms with Gasteiger partial charge in [-0.05, 0) is 30.7 Å². The highest BCUT2D eigenvalue weighted by Crippen LogP contribution is 2.31. The maximum Gasteiger partial charge on any atom is 0.319 e. The van der Waals surface area contributed by atoms with Crippen LogP contribution in [-0.2, 0) is 4.79 Å². The summed E-state index contributed by atoms with van der Waals surface area (Å²) in [6.07, 6.45) is 1.59. The maximum absolute atomic E-state index is 12.7. The average molecular weight is 343 g/mol. The van der Waals surface area contributed by atoms with Gasteiger partial charge in [-0.15, -0.1) is 0 Å². The number of aromatic nitrogens is 1. The number of nitrogens with zero attached hydrogens (tertiary/aromatic N) is 1. The molecule has 3 N–H and O–H groups in total. The molecule has 6 nitrogen and oxygen atoms in total. The zero-order chi connectivity index (χ0) is 17.1. The summed E-state index contributed by atoms with van der Waals surface area (Å²) < 4.78 is 0. The van der Waals surface area contributed by atoms with Gasteiger partial charge in [0, 0.05) is 16.9 Å². The molecule has 1 aromatic carbocycles. The van der Waals surface area contributed by atoms with E-state index in [2.05, 4.69) is 20.9 Å². The van der Waals surface area contributed by atoms with Crippen LogP contribution in [0.5, 0.6) is 0 Å². The molecule has 0 radical (unpaired) electrons. The molecule has 1 aliphatic heterocycles. The van der Waals surface area contributed by atoms with Crippen molar-refractivity contribution in [1.29, 1.82) is 0 Å². The molecule has 0 saturated heterocycles. The molecule has 3 amide bonds. The van der Waals surface area contributed by atoms with Crippen LogP contribution in [-0.4, -0.2) is 16.9 Å². The Hall–Kier alpha value is -2.86. The molecule has 2 aromatic rings. The van der Waals surface area contributed by atoms with Gasteiger partial charge in [0.05, 0.1) is 11.6 Å². The Bertz CT molecular complexity index is 820. The van der Waals surface area contributed by atoms with Crippen LogP contribution in [0.3, 0.4) is 0 Å². The first kappa shape index (κ1) is 16.0. The summed E-state index contributed by atoms with van der Waals surface area (Å²) in [4.78, 5) is 28.7. The maximum atomic E-state index is 12.7. The highest BCUT2D eigenvalue weighted by molar-refractivity contribution is 6.31. The zero-order valence-corrected chi connectivity index (χ0v) is 13.6. The van der Waals surface area contributed by atoms with E-state index in [1.807, 2.05) is 0 Å². The summed E-state index contributed by atoms with van der Waals surface area (Å²) in [6.45, 7) is 1.68. The van der Waals surface area contributed by atoms with E-state index in [0.717, 1.165) is 0 Å². The molecule has 1 aliphatic rings. The van der Waals surface area contributed by atoms with Crippen molar-refractivity contribution in [3.05, 3.63) is 70.5 Å². The van der Waals surface area contributed by atoms with Gasteiger partial charge in [-0.1, -0.05) is 35.9 Å². The minimum Gasteiger partial charge on any atom is -0.327 e. The SMILES string of the molecule is CC1=C(C(=O)Nc2ccccn2)[C@@H](c2ccccc2Cl)NC(=O)N1. The van der Waals surface area contributed by atoms with E-state index in [9.17, 15) is 9.59 Å². The summed E-state index contributed by atoms with van der Waals surface area (Å²) in [6, 6.07) is 11.3. The molecule has 0 bridgehead atoms. The molecule has 2 heterocycles. The molecule has 1 atom stereocenters. The Balaban J connectivity index is 1.98. The van der Waals surface area contributed by atoms with Crippen LogP contribution >= 0.6 is 11.6 Å². The third kappa shape index (κ3) is 3.23. The van der Waals surface area contributed by atoms with Gasteiger partial charge in [0.1, 0.15) is 5.82 Å². The Kier molecular flexibility index (Phi) is 4.48. The first-order chi connectivity index (χ1) is 11.6. The van der Waals surface area contributed by atoms with Crippen LogP contribution in [0, 0.1) is 0 Å². The average Bonchev–Trinajstić information content (AvgIpc) is 2.55. The van der Waals surface area contributed by atoms with Crippen LogP contribution in [0.4, 0.5) is 10.6 Å². The number of hydrogen-bond donors (Lipinski definition) is 3. The minimum atomic E-state index is -0.642. The lowest BCUT2D eigenvalue weighted by atomic mass is 9.95. The van der Waals surface area contributed by atoms with Gasteiger partial charge in [0.2, 0.25) is 0 Å². The molecule has 24 heavy (non-hydrogen) atoms. The van der Waals surface area contributed by atoms with Crippen molar-refractivity contribution in [3.8, 4) is 0 Å². The third-order valence-electron chi connectivity index (χ3n) is 3.64. The number of urea groups is 1. The summed E-state index contributed by atoms with van der Waals surface area (Å²) in [5, 5.41) is 8.57. The van der Waals surface area contributed by atoms with Crippen molar-refractivity contribution in [3.63, 3.8) is 0 Å². The van der Waals surface area contributed by atoms with E-state index >= 15 is 0 Å². The topological polar surface area (TPSA) is 83.1 Å². The van der Waals surface area contributed by atoms with E-state index in [-0.39, 0.29) is 11.9 Å². The van der Waals surface area contributed by atoms with Crippen molar-refractivity contribution < 1.29 is 9.59 Å². The lowest BCUT2D eigenvalue weighted by Crippen LogP contribution is -2.46. The van der Waals surface area contributed by atoms with Crippen LogP contribution in [0.1, 0.15) is 18.5 Å².